The topological polar surface area (TPSA) is 12.8 Å². The molecule has 0 aromatic rings. The van der Waals surface area contributed by atoms with Crippen LogP contribution in [0, 0.1) is 0 Å². The van der Waals surface area contributed by atoms with Gasteiger partial charge in [-0.1, -0.05) is 11.8 Å². The summed E-state index contributed by atoms with van der Waals surface area (Å²) in [7, 11) is 0. The Morgan fingerprint density at radius 3 is 2.50 bits per heavy atom. The molecule has 1 N–H and O–H groups in total. The van der Waals surface area contributed by atoms with Gasteiger partial charge in [0.15, 0.2) is 0 Å². The molecule has 0 amide bonds. The first-order chi connectivity index (χ1) is 3.71. The average molecular weight is 133 g/mol. The fraction of sp³-hybridized carbons (Fsp3) is 1.00. The first kappa shape index (κ1) is 6.43. The van der Waals surface area contributed by atoms with Crippen LogP contribution in [0.5, 0.6) is 0 Å². The molecule has 0 saturated carbocycles. The molecule has 48 valence electrons. The van der Waals surface area contributed by atoms with Crippen molar-refractivity contribution in [2.24, 2.45) is 0 Å². The van der Waals surface area contributed by atoms with Crippen molar-refractivity contribution in [1.29, 1.82) is 0 Å². The highest BCUT2D eigenvalue weighted by atomic mass is 32.2. The zero-order chi connectivity index (χ0) is 6.04. The monoisotopic (exact) mass is 133 g/mol. The van der Waals surface area contributed by atoms with Crippen LogP contribution in [0.15, 0.2) is 0 Å². The van der Waals surface area contributed by atoms with E-state index in [1.807, 2.05) is 11.8 Å². The quantitative estimate of drug-likeness (QED) is 0.455. The molecule has 0 radical (unpaired) electrons. The molecular formula is C6H13OS+. The molecule has 1 saturated heterocycles. The summed E-state index contributed by atoms with van der Waals surface area (Å²) in [6, 6.07) is 0. The van der Waals surface area contributed by atoms with E-state index in [2.05, 4.69) is 18.6 Å². The Morgan fingerprint density at radius 2 is 2.25 bits per heavy atom. The molecule has 1 aliphatic rings. The lowest BCUT2D eigenvalue weighted by Gasteiger charge is -2.24. The molecule has 1 heterocycles. The van der Waals surface area contributed by atoms with Crippen LogP contribution in [-0.4, -0.2) is 22.0 Å². The Balaban J connectivity index is 2.33. The lowest BCUT2D eigenvalue weighted by Crippen LogP contribution is -2.29. The second-order valence-corrected chi connectivity index (χ2v) is 4.23. The number of thioether (sulfide) groups is 1. The minimum Gasteiger partial charge on any atom is -0.422 e. The standard InChI is InChI=1S/C6H12OS/c1-6(2)7-4-3-5-8-6/h3-5H2,1-2H3/p+1. The lowest BCUT2D eigenvalue weighted by molar-refractivity contribution is -0.112. The van der Waals surface area contributed by atoms with Crippen LogP contribution in [-0.2, 0) is 0 Å². The molecule has 1 rings (SSSR count). The fourth-order valence-electron chi connectivity index (χ4n) is 0.780. The van der Waals surface area contributed by atoms with Gasteiger partial charge in [0.2, 0.25) is 4.93 Å². The fourth-order valence-corrected chi connectivity index (χ4v) is 1.74. The van der Waals surface area contributed by atoms with Gasteiger partial charge in [-0.2, -0.15) is 0 Å². The minimum absolute atomic E-state index is 0.220. The molecule has 2 heteroatoms. The van der Waals surface area contributed by atoms with E-state index in [0.717, 1.165) is 6.61 Å². The van der Waals surface area contributed by atoms with E-state index < -0.39 is 0 Å². The second kappa shape index (κ2) is 2.28. The van der Waals surface area contributed by atoms with E-state index in [-0.39, 0.29) is 4.93 Å². The van der Waals surface area contributed by atoms with Gasteiger partial charge in [-0.05, 0) is 0 Å². The van der Waals surface area contributed by atoms with Crippen LogP contribution in [0.4, 0.5) is 0 Å². The third kappa shape index (κ3) is 1.67. The predicted octanol–water partition coefficient (Wildman–Crippen LogP) is 1.39. The first-order valence-corrected chi connectivity index (χ1v) is 4.02. The Bertz CT molecular complexity index is 72.6. The summed E-state index contributed by atoms with van der Waals surface area (Å²) in [5.41, 5.74) is 0. The van der Waals surface area contributed by atoms with E-state index in [1.165, 1.54) is 12.2 Å². The summed E-state index contributed by atoms with van der Waals surface area (Å²) in [6.07, 6.45) is 1.27. The number of hydrogen-bond acceptors (Lipinski definition) is 1. The predicted molar refractivity (Wildman–Crippen MR) is 38.2 cm³/mol. The molecule has 0 atom stereocenters. The maximum atomic E-state index is 4.42. The summed E-state index contributed by atoms with van der Waals surface area (Å²) >= 11 is 1.95. The third-order valence-electron chi connectivity index (χ3n) is 1.25. The number of hydrogen-bond donors (Lipinski definition) is 0. The van der Waals surface area contributed by atoms with Crippen molar-refractivity contribution >= 4 is 11.8 Å². The minimum atomic E-state index is 0.220. The lowest BCUT2D eigenvalue weighted by atomic mass is 10.4. The zero-order valence-corrected chi connectivity index (χ0v) is 6.29. The molecule has 0 bridgehead atoms. The molecule has 0 unspecified atom stereocenters. The van der Waals surface area contributed by atoms with Crippen LogP contribution in [0.1, 0.15) is 20.3 Å². The summed E-state index contributed by atoms with van der Waals surface area (Å²) in [5.74, 6) is 1.29. The van der Waals surface area contributed by atoms with Crippen molar-refractivity contribution in [3.8, 4) is 0 Å². The van der Waals surface area contributed by atoms with Crippen LogP contribution < -0.4 is 0 Å². The third-order valence-corrected chi connectivity index (χ3v) is 2.58. The van der Waals surface area contributed by atoms with Crippen LogP contribution in [0.3, 0.4) is 0 Å². The number of aliphatic hydroxyl groups is 2. The van der Waals surface area contributed by atoms with E-state index in [0.29, 0.717) is 0 Å². The molecule has 0 aromatic carbocycles. The van der Waals surface area contributed by atoms with Gasteiger partial charge in [0, 0.05) is 26.0 Å². The van der Waals surface area contributed by atoms with E-state index in [1.54, 1.807) is 0 Å². The van der Waals surface area contributed by atoms with Gasteiger partial charge in [0.25, 0.3) is 0 Å². The molecule has 1 nitrogen and oxygen atoms in total. The summed E-state index contributed by atoms with van der Waals surface area (Å²) in [5, 5.41) is 0. The molecule has 1 aliphatic heterocycles. The van der Waals surface area contributed by atoms with Crippen molar-refractivity contribution < 1.29 is 4.74 Å². The average Bonchev–Trinajstić information content (AvgIpc) is 1.65. The van der Waals surface area contributed by atoms with Gasteiger partial charge in [0.1, 0.15) is 6.61 Å². The highest BCUT2D eigenvalue weighted by Crippen LogP contribution is 2.27. The Labute approximate surface area is 54.8 Å². The highest BCUT2D eigenvalue weighted by Gasteiger charge is 2.27. The van der Waals surface area contributed by atoms with Gasteiger partial charge in [-0.15, -0.1) is 0 Å². The summed E-state index contributed by atoms with van der Waals surface area (Å²) in [6.45, 7) is 5.42. The highest BCUT2D eigenvalue weighted by molar-refractivity contribution is 8.00. The van der Waals surface area contributed by atoms with Gasteiger partial charge >= 0.3 is 0 Å². The van der Waals surface area contributed by atoms with Crippen molar-refractivity contribution in [2.45, 2.75) is 25.2 Å². The van der Waals surface area contributed by atoms with Crippen molar-refractivity contribution in [2.75, 3.05) is 12.4 Å². The van der Waals surface area contributed by atoms with Crippen LogP contribution >= 0.6 is 11.8 Å². The maximum absolute atomic E-state index is 4.42. The van der Waals surface area contributed by atoms with Crippen molar-refractivity contribution in [3.05, 3.63) is 0 Å². The van der Waals surface area contributed by atoms with Gasteiger partial charge in [-0.25, -0.2) is 0 Å². The van der Waals surface area contributed by atoms with Crippen LogP contribution in [0.2, 0.25) is 0 Å². The Morgan fingerprint density at radius 1 is 1.50 bits per heavy atom. The molecule has 0 spiro atoms. The number of ether oxygens (including phenoxy) is 1. The molecule has 0 aliphatic carbocycles. The van der Waals surface area contributed by atoms with Gasteiger partial charge in [0.05, 0.1) is 0 Å². The molecular weight excluding hydrogens is 120 g/mol. The van der Waals surface area contributed by atoms with E-state index in [4.69, 9.17) is 0 Å². The van der Waals surface area contributed by atoms with E-state index in [9.17, 15) is 0 Å². The largest absolute Gasteiger partial charge is 0.422 e. The smallest absolute Gasteiger partial charge is 0.206 e. The normalized spacial score (nSPS) is 27.8. The summed E-state index contributed by atoms with van der Waals surface area (Å²) < 4.78 is 4.42. The van der Waals surface area contributed by atoms with Crippen molar-refractivity contribution in [1.82, 2.24) is 0 Å². The SMILES string of the molecule is CC1(C)[OH+]CCCS1. The first-order valence-electron chi connectivity index (χ1n) is 3.03. The summed E-state index contributed by atoms with van der Waals surface area (Å²) in [4.78, 5) is 0.220. The van der Waals surface area contributed by atoms with Gasteiger partial charge < -0.3 is 4.74 Å². The van der Waals surface area contributed by atoms with Gasteiger partial charge in [-0.3, -0.25) is 0 Å². The van der Waals surface area contributed by atoms with E-state index >= 15 is 0 Å². The number of rotatable bonds is 0. The van der Waals surface area contributed by atoms with Crippen molar-refractivity contribution in [3.63, 3.8) is 0 Å². The maximum Gasteiger partial charge on any atom is 0.206 e. The second-order valence-electron chi connectivity index (χ2n) is 2.53. The zero-order valence-electron chi connectivity index (χ0n) is 5.48. The van der Waals surface area contributed by atoms with Crippen LogP contribution in [0.25, 0.3) is 0 Å². The molecule has 0 aromatic heterocycles. The Hall–Kier alpha value is 0.310. The molecule has 1 fully saturated rings. The Kier molecular flexibility index (Phi) is 1.83. The molecule has 8 heavy (non-hydrogen) atoms.